The zero-order chi connectivity index (χ0) is 19.6. The minimum Gasteiger partial charge on any atom is -0.461 e. The maximum absolute atomic E-state index is 14.7. The van der Waals surface area contributed by atoms with Crippen LogP contribution in [0.5, 0.6) is 0 Å². The number of rotatable bonds is 5. The first kappa shape index (κ1) is 19.6. The first-order valence-corrected chi connectivity index (χ1v) is 11.2. The number of nitrogens with zero attached hydrogens (tertiary/aromatic N) is 1. The molecule has 0 amide bonds. The molecular weight excluding hydrogens is 441 g/mol. The fourth-order valence-corrected chi connectivity index (χ4v) is 5.77. The van der Waals surface area contributed by atoms with E-state index in [4.69, 9.17) is 9.73 Å². The van der Waals surface area contributed by atoms with Gasteiger partial charge in [-0.3, -0.25) is 9.79 Å². The summed E-state index contributed by atoms with van der Waals surface area (Å²) in [4.78, 5) is 17.3. The molecule has 2 atom stereocenters. The third-order valence-corrected chi connectivity index (χ3v) is 7.13. The zero-order valence-electron chi connectivity index (χ0n) is 15.4. The van der Waals surface area contributed by atoms with Gasteiger partial charge in [-0.1, -0.05) is 52.7 Å². The van der Waals surface area contributed by atoms with E-state index in [0.717, 1.165) is 40.1 Å². The van der Waals surface area contributed by atoms with Crippen LogP contribution in [0.3, 0.4) is 0 Å². The molecule has 2 aromatic carbocycles. The molecule has 0 N–H and O–H groups in total. The SMILES string of the molecule is O=C(CC1=N[C@@]2(c3cc(Br)ccc3F)CCC[C@H]2CS1)OCc1ccccc1. The number of benzene rings is 2. The quantitative estimate of drug-likeness (QED) is 0.523. The standard InChI is InChI=1S/C22H21BrFNO2S/c23-17-8-9-19(24)18(11-17)22-10-4-7-16(22)14-28-20(25-22)12-21(26)27-13-15-5-2-1-3-6-15/h1-3,5-6,8-9,11,16H,4,7,10,12-14H2/t16-,22-/m0/s1. The molecule has 1 fully saturated rings. The Balaban J connectivity index is 1.53. The monoisotopic (exact) mass is 461 g/mol. The third kappa shape index (κ3) is 4.03. The van der Waals surface area contributed by atoms with E-state index in [-0.39, 0.29) is 24.8 Å². The Morgan fingerprint density at radius 3 is 2.93 bits per heavy atom. The van der Waals surface area contributed by atoms with Crippen LogP contribution in [0.2, 0.25) is 0 Å². The Labute approximate surface area is 176 Å². The van der Waals surface area contributed by atoms with Crippen molar-refractivity contribution in [3.8, 4) is 0 Å². The Hall–Kier alpha value is -1.66. The highest BCUT2D eigenvalue weighted by atomic mass is 79.9. The average molecular weight is 462 g/mol. The van der Waals surface area contributed by atoms with Crippen LogP contribution in [0.4, 0.5) is 4.39 Å². The number of carbonyl (C=O) groups is 1. The molecule has 1 saturated carbocycles. The van der Waals surface area contributed by atoms with E-state index in [1.807, 2.05) is 36.4 Å². The fraction of sp³-hybridized carbons (Fsp3) is 0.364. The van der Waals surface area contributed by atoms with Gasteiger partial charge in [-0.05, 0) is 42.5 Å². The number of fused-ring (bicyclic) bond motifs is 1. The van der Waals surface area contributed by atoms with Crippen LogP contribution < -0.4 is 0 Å². The van der Waals surface area contributed by atoms with Crippen molar-refractivity contribution in [3.63, 3.8) is 0 Å². The Morgan fingerprint density at radius 2 is 2.11 bits per heavy atom. The van der Waals surface area contributed by atoms with E-state index in [9.17, 15) is 9.18 Å². The number of aliphatic imine (C=N–C) groups is 1. The number of esters is 1. The second kappa shape index (κ2) is 8.37. The number of hydrogen-bond acceptors (Lipinski definition) is 4. The fourth-order valence-electron chi connectivity index (χ4n) is 4.13. The molecule has 0 radical (unpaired) electrons. The van der Waals surface area contributed by atoms with Crippen molar-refractivity contribution in [1.29, 1.82) is 0 Å². The van der Waals surface area contributed by atoms with E-state index in [1.165, 1.54) is 6.07 Å². The van der Waals surface area contributed by atoms with Gasteiger partial charge in [-0.15, -0.1) is 11.8 Å². The molecule has 6 heteroatoms. The molecule has 2 aromatic rings. The number of hydrogen-bond donors (Lipinski definition) is 0. The van der Waals surface area contributed by atoms with Crippen molar-refractivity contribution < 1.29 is 13.9 Å². The molecule has 3 nitrogen and oxygen atoms in total. The topological polar surface area (TPSA) is 38.7 Å². The molecule has 28 heavy (non-hydrogen) atoms. The Morgan fingerprint density at radius 1 is 1.29 bits per heavy atom. The van der Waals surface area contributed by atoms with Crippen LogP contribution in [-0.4, -0.2) is 16.8 Å². The van der Waals surface area contributed by atoms with Crippen molar-refractivity contribution in [2.75, 3.05) is 5.75 Å². The first-order chi connectivity index (χ1) is 13.6. The summed E-state index contributed by atoms with van der Waals surface area (Å²) in [7, 11) is 0. The van der Waals surface area contributed by atoms with Gasteiger partial charge in [0.1, 0.15) is 12.4 Å². The lowest BCUT2D eigenvalue weighted by Crippen LogP contribution is -2.36. The van der Waals surface area contributed by atoms with Gasteiger partial charge in [0.25, 0.3) is 0 Å². The Kier molecular flexibility index (Phi) is 5.88. The van der Waals surface area contributed by atoms with Crippen LogP contribution in [0, 0.1) is 11.7 Å². The predicted octanol–water partition coefficient (Wildman–Crippen LogP) is 5.86. The third-order valence-electron chi connectivity index (χ3n) is 5.49. The minimum absolute atomic E-state index is 0.140. The van der Waals surface area contributed by atoms with E-state index < -0.39 is 5.54 Å². The summed E-state index contributed by atoms with van der Waals surface area (Å²) >= 11 is 5.07. The van der Waals surface area contributed by atoms with Gasteiger partial charge in [0.2, 0.25) is 0 Å². The summed E-state index contributed by atoms with van der Waals surface area (Å²) in [5.41, 5.74) is 1.03. The summed E-state index contributed by atoms with van der Waals surface area (Å²) in [6.45, 7) is 0.256. The Bertz CT molecular complexity index is 905. The van der Waals surface area contributed by atoms with E-state index in [1.54, 1.807) is 17.8 Å². The van der Waals surface area contributed by atoms with Crippen LogP contribution in [0.1, 0.15) is 36.8 Å². The molecule has 146 valence electrons. The van der Waals surface area contributed by atoms with Crippen molar-refractivity contribution >= 4 is 38.7 Å². The van der Waals surface area contributed by atoms with Crippen LogP contribution in [0.15, 0.2) is 58.0 Å². The maximum Gasteiger partial charge on any atom is 0.312 e. The number of ether oxygens (including phenoxy) is 1. The minimum atomic E-state index is -0.561. The van der Waals surface area contributed by atoms with Gasteiger partial charge in [0, 0.05) is 15.8 Å². The molecular formula is C22H21BrFNO2S. The lowest BCUT2D eigenvalue weighted by molar-refractivity contribution is -0.143. The van der Waals surface area contributed by atoms with Gasteiger partial charge in [0.05, 0.1) is 17.0 Å². The van der Waals surface area contributed by atoms with Crippen LogP contribution in [-0.2, 0) is 21.7 Å². The lowest BCUT2D eigenvalue weighted by atomic mass is 9.81. The largest absolute Gasteiger partial charge is 0.461 e. The molecule has 1 heterocycles. The smallest absolute Gasteiger partial charge is 0.312 e. The summed E-state index contributed by atoms with van der Waals surface area (Å²) in [6, 6.07) is 14.7. The summed E-state index contributed by atoms with van der Waals surface area (Å²) < 4.78 is 21.0. The van der Waals surface area contributed by atoms with Crippen molar-refractivity contribution in [3.05, 3.63) is 69.9 Å². The summed E-state index contributed by atoms with van der Waals surface area (Å²) in [5, 5.41) is 0.746. The van der Waals surface area contributed by atoms with Crippen molar-refractivity contribution in [2.24, 2.45) is 10.9 Å². The molecule has 0 aromatic heterocycles. The lowest BCUT2D eigenvalue weighted by Gasteiger charge is -2.37. The van der Waals surface area contributed by atoms with Gasteiger partial charge < -0.3 is 4.74 Å². The van der Waals surface area contributed by atoms with E-state index in [2.05, 4.69) is 15.9 Å². The molecule has 0 bridgehead atoms. The second-order valence-electron chi connectivity index (χ2n) is 7.28. The number of thioether (sulfide) groups is 1. The zero-order valence-corrected chi connectivity index (χ0v) is 17.8. The molecule has 0 saturated heterocycles. The first-order valence-electron chi connectivity index (χ1n) is 9.43. The second-order valence-corrected chi connectivity index (χ2v) is 9.29. The average Bonchev–Trinajstić information content (AvgIpc) is 3.13. The molecule has 0 spiro atoms. The number of halogens is 2. The van der Waals surface area contributed by atoms with Crippen molar-refractivity contribution in [1.82, 2.24) is 0 Å². The highest BCUT2D eigenvalue weighted by Gasteiger charge is 2.48. The van der Waals surface area contributed by atoms with Crippen molar-refractivity contribution in [2.45, 2.75) is 37.8 Å². The normalized spacial score (nSPS) is 23.8. The predicted molar refractivity (Wildman–Crippen MR) is 114 cm³/mol. The molecule has 1 aliphatic carbocycles. The van der Waals surface area contributed by atoms with Crippen LogP contribution >= 0.6 is 27.7 Å². The summed E-state index contributed by atoms with van der Waals surface area (Å²) in [5.74, 6) is 0.634. The maximum atomic E-state index is 14.7. The number of carbonyl (C=O) groups excluding carboxylic acids is 1. The van der Waals surface area contributed by atoms with Gasteiger partial charge in [-0.2, -0.15) is 0 Å². The molecule has 2 aliphatic rings. The van der Waals surface area contributed by atoms with Gasteiger partial charge >= 0.3 is 5.97 Å². The highest BCUT2D eigenvalue weighted by Crippen LogP contribution is 2.52. The van der Waals surface area contributed by atoms with E-state index >= 15 is 0 Å². The van der Waals surface area contributed by atoms with E-state index in [0.29, 0.717) is 11.5 Å². The van der Waals surface area contributed by atoms with Crippen LogP contribution in [0.25, 0.3) is 0 Å². The summed E-state index contributed by atoms with van der Waals surface area (Å²) in [6.07, 6.45) is 3.01. The van der Waals surface area contributed by atoms with Gasteiger partial charge in [0.15, 0.2) is 0 Å². The highest BCUT2D eigenvalue weighted by molar-refractivity contribution is 9.10. The van der Waals surface area contributed by atoms with Gasteiger partial charge in [-0.25, -0.2) is 4.39 Å². The molecule has 4 rings (SSSR count). The molecule has 1 aliphatic heterocycles. The molecule has 0 unspecified atom stereocenters.